The smallest absolute Gasteiger partial charge is 0.338 e. The second-order valence-corrected chi connectivity index (χ2v) is 14.0. The van der Waals surface area contributed by atoms with Gasteiger partial charge in [0.1, 0.15) is 6.61 Å². The number of carbonyl (C=O) groups excluding carboxylic acids is 3. The molecule has 53 heavy (non-hydrogen) atoms. The summed E-state index contributed by atoms with van der Waals surface area (Å²) in [5.74, 6) is -1.81. The van der Waals surface area contributed by atoms with Crippen LogP contribution in [0.25, 0.3) is 33.4 Å². The highest BCUT2D eigenvalue weighted by molar-refractivity contribution is 8.01. The zero-order chi connectivity index (χ0) is 36.6. The lowest BCUT2D eigenvalue weighted by Gasteiger charge is -2.25. The lowest BCUT2D eigenvalue weighted by atomic mass is 10.0. The Hall–Kier alpha value is -5.96. The summed E-state index contributed by atoms with van der Waals surface area (Å²) < 4.78 is 17.8. The molecule has 4 atom stereocenters. The number of benzene rings is 6. The van der Waals surface area contributed by atoms with Crippen molar-refractivity contribution in [2.24, 2.45) is 0 Å². The van der Waals surface area contributed by atoms with Gasteiger partial charge in [0.25, 0.3) is 0 Å². The third-order valence-corrected chi connectivity index (χ3v) is 10.7. The van der Waals surface area contributed by atoms with Crippen molar-refractivity contribution in [3.63, 3.8) is 0 Å². The molecule has 6 aromatic carbocycles. The van der Waals surface area contributed by atoms with Crippen molar-refractivity contribution >= 4 is 29.7 Å². The van der Waals surface area contributed by atoms with Crippen LogP contribution in [0.3, 0.4) is 0 Å². The zero-order valence-corrected chi connectivity index (χ0v) is 29.4. The lowest BCUT2D eigenvalue weighted by molar-refractivity contribution is -0.0390. The Morgan fingerprint density at radius 2 is 0.755 bits per heavy atom. The molecule has 1 aliphatic heterocycles. The Labute approximate surface area is 312 Å². The molecule has 1 saturated heterocycles. The van der Waals surface area contributed by atoms with E-state index in [2.05, 4.69) is 0 Å². The van der Waals surface area contributed by atoms with E-state index >= 15 is 0 Å². The van der Waals surface area contributed by atoms with E-state index in [4.69, 9.17) is 14.2 Å². The van der Waals surface area contributed by atoms with Gasteiger partial charge in [-0.2, -0.15) is 0 Å². The molecule has 7 nitrogen and oxygen atoms in total. The van der Waals surface area contributed by atoms with Gasteiger partial charge in [0.2, 0.25) is 0 Å². The molecule has 6 aromatic rings. The Kier molecular flexibility index (Phi) is 11.1. The third kappa shape index (κ3) is 8.41. The van der Waals surface area contributed by atoms with Gasteiger partial charge in [0, 0.05) is 0 Å². The summed E-state index contributed by atoms with van der Waals surface area (Å²) >= 11 is 1.26. The van der Waals surface area contributed by atoms with Crippen molar-refractivity contribution < 1.29 is 33.7 Å². The molecule has 0 spiro atoms. The number of aliphatic hydroxyl groups excluding tert-OH is 1. The number of thioether (sulfide) groups is 1. The van der Waals surface area contributed by atoms with Gasteiger partial charge in [-0.25, -0.2) is 14.4 Å². The van der Waals surface area contributed by atoms with Crippen LogP contribution in [0.4, 0.5) is 0 Å². The summed E-state index contributed by atoms with van der Waals surface area (Å²) in [5, 5.41) is 9.15. The predicted octanol–water partition coefficient (Wildman–Crippen LogP) is 8.77. The van der Waals surface area contributed by atoms with Gasteiger partial charge in [-0.3, -0.25) is 0 Å². The Morgan fingerprint density at radius 1 is 0.434 bits per heavy atom. The summed E-state index contributed by atoms with van der Waals surface area (Å²) in [6, 6.07) is 50.6. The minimum Gasteiger partial charge on any atom is -0.461 e. The van der Waals surface area contributed by atoms with Crippen LogP contribution in [0.15, 0.2) is 164 Å². The van der Waals surface area contributed by atoms with Gasteiger partial charge in [-0.05, 0) is 69.8 Å². The minimum atomic E-state index is -1.03. The maximum Gasteiger partial charge on any atom is 0.338 e. The van der Waals surface area contributed by atoms with Crippen LogP contribution in [0.1, 0.15) is 31.1 Å². The normalized spacial score (nSPS) is 17.8. The van der Waals surface area contributed by atoms with Crippen LogP contribution in [0.5, 0.6) is 0 Å². The second-order valence-electron chi connectivity index (χ2n) is 12.6. The van der Waals surface area contributed by atoms with Crippen LogP contribution >= 0.6 is 11.8 Å². The Balaban J connectivity index is 1.09. The quantitative estimate of drug-likeness (QED) is 0.105. The first-order chi connectivity index (χ1) is 26.0. The van der Waals surface area contributed by atoms with Crippen LogP contribution in [0.2, 0.25) is 0 Å². The fourth-order valence-electron chi connectivity index (χ4n) is 6.28. The number of hydrogen-bond acceptors (Lipinski definition) is 8. The summed E-state index contributed by atoms with van der Waals surface area (Å²) in [5.41, 5.74) is 6.84. The van der Waals surface area contributed by atoms with E-state index in [9.17, 15) is 19.5 Å². The highest BCUT2D eigenvalue weighted by atomic mass is 32.2. The summed E-state index contributed by atoms with van der Waals surface area (Å²) in [6.07, 6.45) is -2.05. The molecule has 0 amide bonds. The number of aliphatic hydroxyl groups is 1. The molecule has 3 unspecified atom stereocenters. The molecule has 1 aliphatic rings. The van der Waals surface area contributed by atoms with Crippen molar-refractivity contribution in [2.75, 3.05) is 13.2 Å². The van der Waals surface area contributed by atoms with E-state index in [0.29, 0.717) is 16.7 Å². The molecule has 0 aliphatic carbocycles. The van der Waals surface area contributed by atoms with Crippen LogP contribution in [-0.4, -0.2) is 58.9 Å². The first-order valence-electron chi connectivity index (χ1n) is 17.3. The molecule has 0 radical (unpaired) electrons. The van der Waals surface area contributed by atoms with Gasteiger partial charge in [0.15, 0.2) is 12.2 Å². The lowest BCUT2D eigenvalue weighted by Crippen LogP contribution is -2.42. The molecule has 0 saturated carbocycles. The third-order valence-electron chi connectivity index (χ3n) is 9.13. The highest BCUT2D eigenvalue weighted by Gasteiger charge is 2.49. The molecule has 0 bridgehead atoms. The topological polar surface area (TPSA) is 99.1 Å². The molecule has 1 N–H and O–H groups in total. The summed E-state index contributed by atoms with van der Waals surface area (Å²) in [7, 11) is 0. The van der Waals surface area contributed by atoms with E-state index in [0.717, 1.165) is 33.4 Å². The van der Waals surface area contributed by atoms with Crippen LogP contribution in [-0.2, 0) is 14.2 Å². The van der Waals surface area contributed by atoms with Gasteiger partial charge in [0.05, 0.1) is 33.8 Å². The van der Waals surface area contributed by atoms with Crippen molar-refractivity contribution in [1.82, 2.24) is 0 Å². The largest absolute Gasteiger partial charge is 0.461 e. The number of hydrogen-bond donors (Lipinski definition) is 1. The molecule has 7 rings (SSSR count). The first-order valence-corrected chi connectivity index (χ1v) is 18.2. The van der Waals surface area contributed by atoms with Gasteiger partial charge < -0.3 is 19.3 Å². The van der Waals surface area contributed by atoms with Crippen LogP contribution < -0.4 is 0 Å². The van der Waals surface area contributed by atoms with Gasteiger partial charge in [-0.1, -0.05) is 127 Å². The van der Waals surface area contributed by atoms with E-state index in [1.54, 1.807) is 36.4 Å². The number of rotatable bonds is 11. The number of carbonyl (C=O) groups is 3. The maximum atomic E-state index is 13.6. The fraction of sp³-hybridized carbons (Fsp3) is 0.133. The molecular weight excluding hydrogens is 685 g/mol. The van der Waals surface area contributed by atoms with E-state index in [1.165, 1.54) is 11.8 Å². The van der Waals surface area contributed by atoms with Crippen molar-refractivity contribution in [3.05, 3.63) is 180 Å². The SMILES string of the molecule is O=C(OC[C@@H]1SC(CO)C(OC(=O)c2ccc(-c3ccccc3)cc2)C1OC(=O)c1ccc(-c2ccccc2)cc1)c1ccc(-c2ccccc2)cc1. The number of ether oxygens (including phenoxy) is 3. The molecule has 264 valence electrons. The van der Waals surface area contributed by atoms with Crippen molar-refractivity contribution in [3.8, 4) is 33.4 Å². The minimum absolute atomic E-state index is 0.148. The van der Waals surface area contributed by atoms with E-state index in [-0.39, 0.29) is 13.2 Å². The average Bonchev–Trinajstić information content (AvgIpc) is 3.55. The Bertz CT molecular complexity index is 2140. The molecular formula is C45H36O7S. The average molecular weight is 721 g/mol. The van der Waals surface area contributed by atoms with E-state index in [1.807, 2.05) is 127 Å². The Morgan fingerprint density at radius 3 is 1.11 bits per heavy atom. The molecule has 0 aromatic heterocycles. The van der Waals surface area contributed by atoms with Gasteiger partial charge >= 0.3 is 17.9 Å². The van der Waals surface area contributed by atoms with Crippen LogP contribution in [0, 0.1) is 0 Å². The number of esters is 3. The summed E-state index contributed by atoms with van der Waals surface area (Å²) in [4.78, 5) is 40.4. The molecule has 1 fully saturated rings. The highest BCUT2D eigenvalue weighted by Crippen LogP contribution is 2.39. The molecule has 8 heteroatoms. The second kappa shape index (κ2) is 16.6. The monoisotopic (exact) mass is 720 g/mol. The van der Waals surface area contributed by atoms with Crippen molar-refractivity contribution in [2.45, 2.75) is 22.7 Å². The zero-order valence-electron chi connectivity index (χ0n) is 28.6. The summed E-state index contributed by atoms with van der Waals surface area (Å²) in [6.45, 7) is -0.508. The van der Waals surface area contributed by atoms with Gasteiger partial charge in [-0.15, -0.1) is 11.8 Å². The maximum absolute atomic E-state index is 13.6. The van der Waals surface area contributed by atoms with Crippen molar-refractivity contribution in [1.29, 1.82) is 0 Å². The fourth-order valence-corrected chi connectivity index (χ4v) is 7.69. The standard InChI is InChI=1S/C45H36O7S/c46-28-39-41(51-44(48)37-24-18-34(19-25-37)31-12-6-2-7-13-31)42(52-45(49)38-26-20-35(21-27-38)32-14-8-3-9-15-32)40(53-39)29-50-43(47)36-22-16-33(17-23-36)30-10-4-1-5-11-30/h1-27,39-42,46H,28-29H2/t39?,40-,41?,42?/m0/s1. The molecule has 1 heterocycles. The predicted molar refractivity (Wildman–Crippen MR) is 207 cm³/mol. The van der Waals surface area contributed by atoms with E-state index < -0.39 is 40.6 Å². The first kappa shape index (κ1) is 35.4.